The van der Waals surface area contributed by atoms with Crippen LogP contribution >= 0.6 is 0 Å². The number of amides is 2. The van der Waals surface area contributed by atoms with E-state index in [-0.39, 0.29) is 10.7 Å². The Hall–Kier alpha value is -2.72. The molecule has 0 fully saturated rings. The van der Waals surface area contributed by atoms with Crippen LogP contribution in [0.3, 0.4) is 0 Å². The third-order valence-corrected chi connectivity index (χ3v) is 3.20. The quantitative estimate of drug-likeness (QED) is 0.614. The van der Waals surface area contributed by atoms with Crippen molar-refractivity contribution < 1.29 is 17.8 Å². The average Bonchev–Trinajstić information content (AvgIpc) is 2.41. The van der Waals surface area contributed by atoms with Crippen molar-refractivity contribution in [2.45, 2.75) is 4.90 Å². The zero-order chi connectivity index (χ0) is 15.5. The van der Waals surface area contributed by atoms with Gasteiger partial charge in [-0.3, -0.25) is 14.7 Å². The molecule has 21 heavy (non-hydrogen) atoms. The van der Waals surface area contributed by atoms with Crippen molar-refractivity contribution in [3.63, 3.8) is 0 Å². The Labute approximate surface area is 118 Å². The summed E-state index contributed by atoms with van der Waals surface area (Å²) in [5.74, 6) is 0.140. The van der Waals surface area contributed by atoms with Gasteiger partial charge in [0, 0.05) is 11.8 Å². The van der Waals surface area contributed by atoms with Gasteiger partial charge in [0.25, 0.3) is 15.7 Å². The highest BCUT2D eigenvalue weighted by molar-refractivity contribution is 7.85. The second kappa shape index (κ2) is 5.73. The molecule has 1 heterocycles. The van der Waals surface area contributed by atoms with Gasteiger partial charge in [-0.05, 0) is 30.3 Å². The summed E-state index contributed by atoms with van der Waals surface area (Å²) in [7, 11) is -4.27. The molecule has 2 aromatic rings. The van der Waals surface area contributed by atoms with Gasteiger partial charge in [-0.15, -0.1) is 0 Å². The number of nitrogens with one attached hydrogen (secondary N) is 3. The average molecular weight is 310 g/mol. The highest BCUT2D eigenvalue weighted by Crippen LogP contribution is 2.13. The molecule has 0 atom stereocenters. The van der Waals surface area contributed by atoms with Crippen LogP contribution in [0.5, 0.6) is 0 Å². The number of hydrogen-bond acceptors (Lipinski definition) is 5. The maximum Gasteiger partial charge on any atom is 0.324 e. The molecule has 2 amide bonds. The van der Waals surface area contributed by atoms with Gasteiger partial charge in [-0.1, -0.05) is 0 Å². The van der Waals surface area contributed by atoms with Gasteiger partial charge in [0.05, 0.1) is 4.90 Å². The molecule has 0 aliphatic heterocycles. The fourth-order valence-electron chi connectivity index (χ4n) is 1.40. The van der Waals surface area contributed by atoms with Crippen molar-refractivity contribution in [2.75, 3.05) is 10.6 Å². The first-order valence-corrected chi connectivity index (χ1v) is 7.00. The first-order chi connectivity index (χ1) is 9.84. The van der Waals surface area contributed by atoms with E-state index < -0.39 is 21.7 Å². The number of aromatic nitrogens is 2. The third-order valence-electron chi connectivity index (χ3n) is 2.33. The van der Waals surface area contributed by atoms with E-state index in [2.05, 4.69) is 20.8 Å². The SMILES string of the molecule is O=C(Nc1ccc(S(=O)(=O)O)cc1)Nc1ccc(=O)[nH]n1. The molecule has 110 valence electrons. The smallest absolute Gasteiger partial charge is 0.308 e. The highest BCUT2D eigenvalue weighted by atomic mass is 32.2. The minimum Gasteiger partial charge on any atom is -0.308 e. The van der Waals surface area contributed by atoms with Crippen molar-refractivity contribution in [3.05, 3.63) is 46.8 Å². The van der Waals surface area contributed by atoms with Crippen LogP contribution in [-0.2, 0) is 10.1 Å². The number of rotatable bonds is 3. The fraction of sp³-hybridized carbons (Fsp3) is 0. The van der Waals surface area contributed by atoms with Crippen molar-refractivity contribution >= 4 is 27.7 Å². The minimum absolute atomic E-state index is 0.140. The molecule has 10 heteroatoms. The molecule has 0 bridgehead atoms. The Morgan fingerprint density at radius 3 is 2.29 bits per heavy atom. The van der Waals surface area contributed by atoms with Crippen molar-refractivity contribution in [3.8, 4) is 0 Å². The van der Waals surface area contributed by atoms with Crippen LogP contribution in [-0.4, -0.2) is 29.2 Å². The Kier molecular flexibility index (Phi) is 4.00. The Bertz CT molecular complexity index is 793. The topological polar surface area (TPSA) is 141 Å². The Morgan fingerprint density at radius 1 is 1.10 bits per heavy atom. The Morgan fingerprint density at radius 2 is 1.76 bits per heavy atom. The molecule has 0 radical (unpaired) electrons. The van der Waals surface area contributed by atoms with Gasteiger partial charge < -0.3 is 5.32 Å². The second-order valence-corrected chi connectivity index (χ2v) is 5.31. The molecular weight excluding hydrogens is 300 g/mol. The van der Waals surface area contributed by atoms with E-state index in [0.29, 0.717) is 5.69 Å². The lowest BCUT2D eigenvalue weighted by Gasteiger charge is -2.06. The molecule has 4 N–H and O–H groups in total. The summed E-state index contributed by atoms with van der Waals surface area (Å²) >= 11 is 0. The predicted molar refractivity (Wildman–Crippen MR) is 73.8 cm³/mol. The zero-order valence-electron chi connectivity index (χ0n) is 10.4. The highest BCUT2D eigenvalue weighted by Gasteiger charge is 2.09. The van der Waals surface area contributed by atoms with Gasteiger partial charge in [-0.25, -0.2) is 9.89 Å². The van der Waals surface area contributed by atoms with Gasteiger partial charge >= 0.3 is 6.03 Å². The van der Waals surface area contributed by atoms with Crippen molar-refractivity contribution in [2.24, 2.45) is 0 Å². The number of aromatic amines is 1. The van der Waals surface area contributed by atoms with Gasteiger partial charge in [0.2, 0.25) is 0 Å². The van der Waals surface area contributed by atoms with E-state index >= 15 is 0 Å². The normalized spacial score (nSPS) is 10.9. The molecule has 0 saturated carbocycles. The third kappa shape index (κ3) is 4.12. The molecule has 0 aliphatic rings. The van der Waals surface area contributed by atoms with Gasteiger partial charge in [0.1, 0.15) is 0 Å². The van der Waals surface area contributed by atoms with Crippen LogP contribution in [0.15, 0.2) is 46.1 Å². The summed E-state index contributed by atoms with van der Waals surface area (Å²) in [6.45, 7) is 0. The predicted octanol–water partition coefficient (Wildman–Crippen LogP) is 0.661. The van der Waals surface area contributed by atoms with Crippen LogP contribution in [0.4, 0.5) is 16.3 Å². The van der Waals surface area contributed by atoms with E-state index in [9.17, 15) is 18.0 Å². The fourth-order valence-corrected chi connectivity index (χ4v) is 1.88. The molecule has 0 aliphatic carbocycles. The van der Waals surface area contributed by atoms with Gasteiger partial charge in [-0.2, -0.15) is 13.5 Å². The number of nitrogens with zero attached hydrogens (tertiary/aromatic N) is 1. The summed E-state index contributed by atoms with van der Waals surface area (Å²) in [6.07, 6.45) is 0. The van der Waals surface area contributed by atoms with E-state index in [4.69, 9.17) is 4.55 Å². The first-order valence-electron chi connectivity index (χ1n) is 5.56. The van der Waals surface area contributed by atoms with Gasteiger partial charge in [0.15, 0.2) is 5.82 Å². The largest absolute Gasteiger partial charge is 0.324 e. The van der Waals surface area contributed by atoms with E-state index in [1.807, 2.05) is 0 Å². The molecular formula is C11H10N4O5S. The maximum absolute atomic E-state index is 11.6. The number of carbonyl (C=O) groups excluding carboxylic acids is 1. The molecule has 0 unspecified atom stereocenters. The molecule has 1 aromatic carbocycles. The van der Waals surface area contributed by atoms with Crippen molar-refractivity contribution in [1.82, 2.24) is 10.2 Å². The van der Waals surface area contributed by atoms with E-state index in [0.717, 1.165) is 12.1 Å². The first kappa shape index (κ1) is 14.7. The monoisotopic (exact) mass is 310 g/mol. The molecule has 2 rings (SSSR count). The number of urea groups is 1. The van der Waals surface area contributed by atoms with Crippen LogP contribution in [0.25, 0.3) is 0 Å². The standard InChI is InChI=1S/C11H10N4O5S/c16-10-6-5-9(14-15-10)13-11(17)12-7-1-3-8(4-2-7)21(18,19)20/h1-6H,(H,15,16)(H,18,19,20)(H2,12,13,14,17). The molecule has 9 nitrogen and oxygen atoms in total. The van der Waals surface area contributed by atoms with Crippen LogP contribution in [0, 0.1) is 0 Å². The van der Waals surface area contributed by atoms with Crippen LogP contribution in [0.1, 0.15) is 0 Å². The summed E-state index contributed by atoms with van der Waals surface area (Å²) in [6, 6.07) is 6.79. The second-order valence-electron chi connectivity index (χ2n) is 3.88. The minimum atomic E-state index is -4.27. The zero-order valence-corrected chi connectivity index (χ0v) is 11.2. The number of anilines is 2. The number of H-pyrrole nitrogens is 1. The lowest BCUT2D eigenvalue weighted by Crippen LogP contribution is -2.21. The summed E-state index contributed by atoms with van der Waals surface area (Å²) in [4.78, 5) is 22.1. The lowest BCUT2D eigenvalue weighted by molar-refractivity contribution is 0.262. The summed E-state index contributed by atoms with van der Waals surface area (Å²) in [5.41, 5.74) is -0.0916. The lowest BCUT2D eigenvalue weighted by atomic mass is 10.3. The summed E-state index contributed by atoms with van der Waals surface area (Å²) in [5, 5.41) is 10.5. The van der Waals surface area contributed by atoms with Crippen LogP contribution < -0.4 is 16.2 Å². The van der Waals surface area contributed by atoms with E-state index in [1.165, 1.54) is 24.3 Å². The number of hydrogen-bond donors (Lipinski definition) is 4. The molecule has 0 saturated heterocycles. The van der Waals surface area contributed by atoms with Crippen molar-refractivity contribution in [1.29, 1.82) is 0 Å². The van der Waals surface area contributed by atoms with Crippen LogP contribution in [0.2, 0.25) is 0 Å². The Balaban J connectivity index is 2.03. The number of benzene rings is 1. The number of carbonyl (C=O) groups is 1. The molecule has 0 spiro atoms. The maximum atomic E-state index is 11.6. The summed E-state index contributed by atoms with van der Waals surface area (Å²) < 4.78 is 30.5. The molecule has 1 aromatic heterocycles. The van der Waals surface area contributed by atoms with E-state index in [1.54, 1.807) is 0 Å².